The van der Waals surface area contributed by atoms with E-state index in [9.17, 15) is 9.90 Å². The van der Waals surface area contributed by atoms with E-state index in [1.54, 1.807) is 6.92 Å². The van der Waals surface area contributed by atoms with Gasteiger partial charge in [0.15, 0.2) is 0 Å². The molecule has 0 aromatic carbocycles. The third kappa shape index (κ3) is 6.35. The largest absolute Gasteiger partial charge is 0.393 e. The average molecular weight is 302 g/mol. The summed E-state index contributed by atoms with van der Waals surface area (Å²) in [6.45, 7) is 6.49. The first-order valence-electron chi connectivity index (χ1n) is 7.59. The number of rotatable bonds is 6. The van der Waals surface area contributed by atoms with Crippen molar-refractivity contribution in [2.45, 2.75) is 70.3 Å². The second kappa shape index (κ2) is 8.13. The molecule has 0 saturated heterocycles. The second-order valence-corrected chi connectivity index (χ2v) is 7.79. The topological polar surface area (TPSA) is 61.4 Å². The van der Waals surface area contributed by atoms with Gasteiger partial charge < -0.3 is 15.7 Å². The molecule has 20 heavy (non-hydrogen) atoms. The predicted molar refractivity (Wildman–Crippen MR) is 86.2 cm³/mol. The van der Waals surface area contributed by atoms with E-state index in [0.717, 1.165) is 6.42 Å². The number of carbonyl (C=O) groups is 1. The van der Waals surface area contributed by atoms with E-state index >= 15 is 0 Å². The Morgan fingerprint density at radius 2 is 2.05 bits per heavy atom. The van der Waals surface area contributed by atoms with Gasteiger partial charge in [-0.2, -0.15) is 11.8 Å². The lowest BCUT2D eigenvalue weighted by Crippen LogP contribution is -2.49. The predicted octanol–water partition coefficient (Wildman–Crippen LogP) is 2.76. The summed E-state index contributed by atoms with van der Waals surface area (Å²) < 4.78 is 0. The van der Waals surface area contributed by atoms with Crippen molar-refractivity contribution in [2.24, 2.45) is 5.41 Å². The molecular formula is C15H30N2O2S. The Labute approximate surface area is 127 Å². The maximum atomic E-state index is 12.0. The van der Waals surface area contributed by atoms with Gasteiger partial charge in [0.05, 0.1) is 6.10 Å². The van der Waals surface area contributed by atoms with Crippen LogP contribution >= 0.6 is 11.8 Å². The summed E-state index contributed by atoms with van der Waals surface area (Å²) in [4.78, 5) is 12.0. The molecule has 1 fully saturated rings. The third-order valence-corrected chi connectivity index (χ3v) is 5.07. The smallest absolute Gasteiger partial charge is 0.315 e. The lowest BCUT2D eigenvalue weighted by atomic mass is 9.87. The fraction of sp³-hybridized carbons (Fsp3) is 0.933. The molecule has 3 N–H and O–H groups in total. The molecular weight excluding hydrogens is 272 g/mol. The van der Waals surface area contributed by atoms with Gasteiger partial charge in [0, 0.05) is 17.8 Å². The van der Waals surface area contributed by atoms with Crippen LogP contribution in [0.3, 0.4) is 0 Å². The van der Waals surface area contributed by atoms with Crippen molar-refractivity contribution in [1.82, 2.24) is 10.6 Å². The van der Waals surface area contributed by atoms with E-state index < -0.39 is 0 Å². The first-order chi connectivity index (χ1) is 9.34. The molecule has 0 radical (unpaired) electrons. The zero-order valence-corrected chi connectivity index (χ0v) is 14.1. The minimum Gasteiger partial charge on any atom is -0.393 e. The van der Waals surface area contributed by atoms with Crippen molar-refractivity contribution in [3.8, 4) is 0 Å². The minimum absolute atomic E-state index is 0.0744. The van der Waals surface area contributed by atoms with E-state index in [1.165, 1.54) is 19.3 Å². The highest BCUT2D eigenvalue weighted by atomic mass is 32.2. The molecule has 0 aromatic heterocycles. The molecule has 5 heteroatoms. The number of carbonyl (C=O) groups excluding carboxylic acids is 1. The molecule has 0 bridgehead atoms. The van der Waals surface area contributed by atoms with Crippen LogP contribution in [0, 0.1) is 5.41 Å². The summed E-state index contributed by atoms with van der Waals surface area (Å²) in [5.74, 6) is 0. The summed E-state index contributed by atoms with van der Waals surface area (Å²) in [7, 11) is 0. The second-order valence-electron chi connectivity index (χ2n) is 6.71. The van der Waals surface area contributed by atoms with Crippen molar-refractivity contribution in [1.29, 1.82) is 0 Å². The quantitative estimate of drug-likeness (QED) is 0.707. The zero-order chi connectivity index (χ0) is 15.2. The van der Waals surface area contributed by atoms with Crippen LogP contribution in [0.2, 0.25) is 0 Å². The van der Waals surface area contributed by atoms with E-state index in [1.807, 2.05) is 11.8 Å². The maximum absolute atomic E-state index is 12.0. The number of hydrogen-bond acceptors (Lipinski definition) is 3. The molecule has 3 atom stereocenters. The fourth-order valence-corrected chi connectivity index (χ4v) is 3.89. The Morgan fingerprint density at radius 3 is 2.65 bits per heavy atom. The van der Waals surface area contributed by atoms with Gasteiger partial charge in [-0.05, 0) is 37.9 Å². The Morgan fingerprint density at radius 1 is 1.40 bits per heavy atom. The van der Waals surface area contributed by atoms with Gasteiger partial charge >= 0.3 is 6.03 Å². The minimum atomic E-state index is -0.339. The van der Waals surface area contributed by atoms with E-state index in [2.05, 4.69) is 30.7 Å². The monoisotopic (exact) mass is 302 g/mol. The molecule has 0 heterocycles. The molecule has 2 amide bonds. The molecule has 0 aliphatic heterocycles. The van der Waals surface area contributed by atoms with E-state index in [4.69, 9.17) is 0 Å². The van der Waals surface area contributed by atoms with Crippen LogP contribution in [0.15, 0.2) is 0 Å². The van der Waals surface area contributed by atoms with Gasteiger partial charge in [-0.25, -0.2) is 4.79 Å². The van der Waals surface area contributed by atoms with Crippen molar-refractivity contribution >= 4 is 17.8 Å². The van der Waals surface area contributed by atoms with E-state index in [-0.39, 0.29) is 17.6 Å². The van der Waals surface area contributed by atoms with Crippen LogP contribution in [-0.4, -0.2) is 41.3 Å². The molecule has 0 spiro atoms. The van der Waals surface area contributed by atoms with Crippen molar-refractivity contribution < 1.29 is 9.90 Å². The molecule has 118 valence electrons. The van der Waals surface area contributed by atoms with Gasteiger partial charge in [-0.15, -0.1) is 0 Å². The van der Waals surface area contributed by atoms with Gasteiger partial charge in [0.1, 0.15) is 0 Å². The number of amides is 2. The van der Waals surface area contributed by atoms with E-state index in [0.29, 0.717) is 24.3 Å². The molecule has 1 aliphatic carbocycles. The van der Waals surface area contributed by atoms with Gasteiger partial charge in [0.25, 0.3) is 0 Å². The van der Waals surface area contributed by atoms with Crippen molar-refractivity contribution in [3.63, 3.8) is 0 Å². The summed E-state index contributed by atoms with van der Waals surface area (Å²) in [5.41, 5.74) is -0.0863. The molecule has 0 aromatic rings. The number of urea groups is 1. The number of hydrogen-bond donors (Lipinski definition) is 3. The number of aliphatic hydroxyl groups is 1. The Hall–Kier alpha value is -0.420. The highest BCUT2D eigenvalue weighted by molar-refractivity contribution is 7.99. The third-order valence-electron chi connectivity index (χ3n) is 3.90. The SMILES string of the molecule is CS[C@@H]1CCCC[C@H]1NC(=O)NCC(C)(C)C[C@@H](C)O. The van der Waals surface area contributed by atoms with Gasteiger partial charge in [0.2, 0.25) is 0 Å². The van der Waals surface area contributed by atoms with Crippen molar-refractivity contribution in [2.75, 3.05) is 12.8 Å². The average Bonchev–Trinajstić information content (AvgIpc) is 2.36. The number of thioether (sulfide) groups is 1. The van der Waals surface area contributed by atoms with Crippen LogP contribution in [-0.2, 0) is 0 Å². The van der Waals surface area contributed by atoms with Gasteiger partial charge in [-0.1, -0.05) is 26.7 Å². The van der Waals surface area contributed by atoms with Crippen LogP contribution in [0.5, 0.6) is 0 Å². The maximum Gasteiger partial charge on any atom is 0.315 e. The van der Waals surface area contributed by atoms with Crippen molar-refractivity contribution in [3.05, 3.63) is 0 Å². The molecule has 4 nitrogen and oxygen atoms in total. The van der Waals surface area contributed by atoms with Crippen LogP contribution < -0.4 is 10.6 Å². The van der Waals surface area contributed by atoms with Gasteiger partial charge in [-0.3, -0.25) is 0 Å². The number of aliphatic hydroxyl groups excluding tert-OH is 1. The lowest BCUT2D eigenvalue weighted by Gasteiger charge is -2.32. The standard InChI is InChI=1S/C15H30N2O2S/c1-11(18)9-15(2,3)10-16-14(19)17-12-7-5-6-8-13(12)20-4/h11-13,18H,5-10H2,1-4H3,(H2,16,17,19)/t11-,12-,13-/m1/s1. The molecule has 1 aliphatic rings. The Balaban J connectivity index is 2.35. The fourth-order valence-electron chi connectivity index (χ4n) is 2.95. The van der Waals surface area contributed by atoms with Crippen LogP contribution in [0.4, 0.5) is 4.79 Å². The summed E-state index contributed by atoms with van der Waals surface area (Å²) in [6.07, 6.45) is 7.21. The Kier molecular flexibility index (Phi) is 7.17. The normalized spacial score (nSPS) is 25.1. The first kappa shape index (κ1) is 17.6. The highest BCUT2D eigenvalue weighted by Gasteiger charge is 2.26. The number of nitrogens with one attached hydrogen (secondary N) is 2. The van der Waals surface area contributed by atoms with Crippen LogP contribution in [0.1, 0.15) is 52.9 Å². The first-order valence-corrected chi connectivity index (χ1v) is 8.88. The highest BCUT2D eigenvalue weighted by Crippen LogP contribution is 2.27. The molecule has 0 unspecified atom stereocenters. The summed E-state index contributed by atoms with van der Waals surface area (Å²) >= 11 is 1.85. The lowest BCUT2D eigenvalue weighted by molar-refractivity contribution is 0.128. The Bertz CT molecular complexity index is 308. The molecule has 1 saturated carbocycles. The summed E-state index contributed by atoms with van der Waals surface area (Å²) in [6, 6.07) is 0.216. The van der Waals surface area contributed by atoms with Crippen LogP contribution in [0.25, 0.3) is 0 Å². The zero-order valence-electron chi connectivity index (χ0n) is 13.2. The summed E-state index contributed by atoms with van der Waals surface area (Å²) in [5, 5.41) is 16.1. The molecule has 1 rings (SSSR count).